The fraction of sp³-hybridized carbons (Fsp3) is 0.640. The van der Waals surface area contributed by atoms with Crippen LogP contribution in [-0.2, 0) is 35.5 Å². The van der Waals surface area contributed by atoms with Gasteiger partial charge in [0.25, 0.3) is 0 Å². The third-order valence-electron chi connectivity index (χ3n) is 5.31. The Hall–Kier alpha value is -2.62. The van der Waals surface area contributed by atoms with Crippen LogP contribution in [0, 0.1) is 5.92 Å². The van der Waals surface area contributed by atoms with Crippen LogP contribution in [0.25, 0.3) is 0 Å². The minimum atomic E-state index is -3.83. The fourth-order valence-corrected chi connectivity index (χ4v) is 5.38. The molecule has 2 rings (SSSR count). The van der Waals surface area contributed by atoms with E-state index in [9.17, 15) is 22.8 Å². The molecule has 0 saturated carbocycles. The van der Waals surface area contributed by atoms with Crippen molar-refractivity contribution in [1.82, 2.24) is 10.2 Å². The molecule has 0 aromatic heterocycles. The zero-order chi connectivity index (χ0) is 26.2. The highest BCUT2D eigenvalue weighted by Crippen LogP contribution is 2.20. The average molecular weight is 511 g/mol. The SMILES string of the molecule is CC(C)C[C@@H](CS(=O)(=O)CC(=O)OC(C)(C)C)NC(=O)[C@@H]1CCCN1C(=O)OCc1ccccc1. The molecular weight excluding hydrogens is 472 g/mol. The van der Waals surface area contributed by atoms with Crippen molar-refractivity contribution in [2.75, 3.05) is 18.1 Å². The van der Waals surface area contributed by atoms with Crippen LogP contribution in [0.1, 0.15) is 59.4 Å². The second-order valence-corrected chi connectivity index (χ2v) is 12.5. The van der Waals surface area contributed by atoms with Gasteiger partial charge in [-0.3, -0.25) is 14.5 Å². The van der Waals surface area contributed by atoms with E-state index in [1.807, 2.05) is 44.2 Å². The summed E-state index contributed by atoms with van der Waals surface area (Å²) < 4.78 is 35.9. The summed E-state index contributed by atoms with van der Waals surface area (Å²) in [6, 6.07) is 7.82. The number of nitrogens with one attached hydrogen (secondary N) is 1. The zero-order valence-electron chi connectivity index (χ0n) is 21.3. The van der Waals surface area contributed by atoms with E-state index < -0.39 is 51.2 Å². The predicted octanol–water partition coefficient (Wildman–Crippen LogP) is 3.08. The lowest BCUT2D eigenvalue weighted by Gasteiger charge is -2.27. The number of benzene rings is 1. The van der Waals surface area contributed by atoms with Gasteiger partial charge in [-0.1, -0.05) is 44.2 Å². The summed E-state index contributed by atoms with van der Waals surface area (Å²) >= 11 is 0. The van der Waals surface area contributed by atoms with Gasteiger partial charge in [0, 0.05) is 12.6 Å². The highest BCUT2D eigenvalue weighted by atomic mass is 32.2. The summed E-state index contributed by atoms with van der Waals surface area (Å²) in [7, 11) is -3.83. The number of carbonyl (C=O) groups excluding carboxylic acids is 3. The van der Waals surface area contributed by atoms with E-state index in [0.717, 1.165) is 5.56 Å². The summed E-state index contributed by atoms with van der Waals surface area (Å²) in [5.74, 6) is -2.28. The summed E-state index contributed by atoms with van der Waals surface area (Å²) in [6.07, 6.45) is 0.935. The Balaban J connectivity index is 2.00. The van der Waals surface area contributed by atoms with Crippen molar-refractivity contribution in [2.24, 2.45) is 5.92 Å². The molecule has 1 aliphatic rings. The van der Waals surface area contributed by atoms with Crippen LogP contribution in [0.2, 0.25) is 0 Å². The maximum absolute atomic E-state index is 13.1. The van der Waals surface area contributed by atoms with E-state index >= 15 is 0 Å². The van der Waals surface area contributed by atoms with Gasteiger partial charge in [-0.25, -0.2) is 13.2 Å². The number of amides is 2. The Morgan fingerprint density at radius 1 is 1.14 bits per heavy atom. The van der Waals surface area contributed by atoms with Crippen molar-refractivity contribution in [3.05, 3.63) is 35.9 Å². The topological polar surface area (TPSA) is 119 Å². The van der Waals surface area contributed by atoms with Gasteiger partial charge in [0.05, 0.1) is 5.75 Å². The van der Waals surface area contributed by atoms with Crippen LogP contribution in [0.15, 0.2) is 30.3 Å². The summed E-state index contributed by atoms with van der Waals surface area (Å²) in [6.45, 7) is 9.32. The van der Waals surface area contributed by atoms with E-state index in [0.29, 0.717) is 25.8 Å². The zero-order valence-corrected chi connectivity index (χ0v) is 22.1. The van der Waals surface area contributed by atoms with Crippen molar-refractivity contribution < 1.29 is 32.3 Å². The molecule has 9 nitrogen and oxygen atoms in total. The number of likely N-dealkylation sites (tertiary alicyclic amines) is 1. The van der Waals surface area contributed by atoms with Crippen molar-refractivity contribution in [3.8, 4) is 0 Å². The van der Waals surface area contributed by atoms with Crippen LogP contribution in [0.3, 0.4) is 0 Å². The van der Waals surface area contributed by atoms with Crippen LogP contribution >= 0.6 is 0 Å². The second kappa shape index (κ2) is 12.4. The number of hydrogen-bond donors (Lipinski definition) is 1. The third kappa shape index (κ3) is 10.3. The molecule has 1 aromatic rings. The lowest BCUT2D eigenvalue weighted by molar-refractivity contribution is -0.151. The second-order valence-electron chi connectivity index (χ2n) is 10.4. The van der Waals surface area contributed by atoms with Gasteiger partial charge in [-0.2, -0.15) is 0 Å². The van der Waals surface area contributed by atoms with Crippen molar-refractivity contribution in [3.63, 3.8) is 0 Å². The Morgan fingerprint density at radius 2 is 1.80 bits per heavy atom. The highest BCUT2D eigenvalue weighted by molar-refractivity contribution is 7.92. The maximum atomic E-state index is 13.1. The lowest BCUT2D eigenvalue weighted by atomic mass is 10.0. The Labute approximate surface area is 208 Å². The first-order chi connectivity index (χ1) is 16.3. The molecule has 1 saturated heterocycles. The molecule has 0 radical (unpaired) electrons. The van der Waals surface area contributed by atoms with Crippen molar-refractivity contribution in [1.29, 1.82) is 0 Å². The molecule has 35 heavy (non-hydrogen) atoms. The predicted molar refractivity (Wildman–Crippen MR) is 132 cm³/mol. The van der Waals surface area contributed by atoms with Crippen LogP contribution < -0.4 is 5.32 Å². The lowest BCUT2D eigenvalue weighted by Crippen LogP contribution is -2.51. The standard InChI is InChI=1S/C25H38N2O7S/c1-18(2)14-20(16-35(31,32)17-22(28)34-25(3,4)5)26-23(29)21-12-9-13-27(21)24(30)33-15-19-10-7-6-8-11-19/h6-8,10-11,18,20-21H,9,12-17H2,1-5H3,(H,26,29)/t20-,21-/m0/s1. The monoisotopic (exact) mass is 510 g/mol. The Morgan fingerprint density at radius 3 is 2.40 bits per heavy atom. The number of rotatable bonds is 10. The quantitative estimate of drug-likeness (QED) is 0.481. The number of hydrogen-bond acceptors (Lipinski definition) is 7. The van der Waals surface area contributed by atoms with Crippen LogP contribution in [-0.4, -0.2) is 67.0 Å². The van der Waals surface area contributed by atoms with Crippen molar-refractivity contribution >= 4 is 27.8 Å². The van der Waals surface area contributed by atoms with Gasteiger partial charge in [-0.15, -0.1) is 0 Å². The van der Waals surface area contributed by atoms with E-state index in [1.165, 1.54) is 4.90 Å². The van der Waals surface area contributed by atoms with Crippen LogP contribution in [0.4, 0.5) is 4.79 Å². The van der Waals surface area contributed by atoms with Crippen molar-refractivity contribution in [2.45, 2.75) is 78.2 Å². The summed E-state index contributed by atoms with van der Waals surface area (Å²) in [4.78, 5) is 39.1. The molecule has 2 amide bonds. The molecular formula is C25H38N2O7S. The van der Waals surface area contributed by atoms with Gasteiger partial charge >= 0.3 is 12.1 Å². The molecule has 1 aliphatic heterocycles. The number of ether oxygens (including phenoxy) is 2. The number of esters is 1. The minimum absolute atomic E-state index is 0.101. The van der Waals surface area contributed by atoms with Gasteiger partial charge in [0.1, 0.15) is 24.0 Å². The number of sulfone groups is 1. The third-order valence-corrected chi connectivity index (χ3v) is 6.90. The molecule has 0 spiro atoms. The summed E-state index contributed by atoms with van der Waals surface area (Å²) in [5, 5.41) is 2.81. The molecule has 196 valence electrons. The van der Waals surface area contributed by atoms with Gasteiger partial charge in [-0.05, 0) is 51.5 Å². The number of carbonyl (C=O) groups is 3. The fourth-order valence-electron chi connectivity index (χ4n) is 4.01. The smallest absolute Gasteiger partial charge is 0.410 e. The Bertz CT molecular complexity index is 971. The van der Waals surface area contributed by atoms with Crippen LogP contribution in [0.5, 0.6) is 0 Å². The normalized spacial score (nSPS) is 17.2. The average Bonchev–Trinajstić information content (AvgIpc) is 3.20. The molecule has 1 aromatic carbocycles. The first-order valence-electron chi connectivity index (χ1n) is 12.0. The molecule has 0 bridgehead atoms. The first kappa shape index (κ1) is 28.6. The molecule has 10 heteroatoms. The van der Waals surface area contributed by atoms with Gasteiger partial charge in [0.15, 0.2) is 9.84 Å². The first-order valence-corrected chi connectivity index (χ1v) is 13.8. The molecule has 0 aliphatic carbocycles. The van der Waals surface area contributed by atoms with Gasteiger partial charge < -0.3 is 14.8 Å². The molecule has 1 heterocycles. The number of nitrogens with zero attached hydrogens (tertiary/aromatic N) is 1. The molecule has 1 N–H and O–H groups in total. The molecule has 0 unspecified atom stereocenters. The minimum Gasteiger partial charge on any atom is -0.459 e. The highest BCUT2D eigenvalue weighted by Gasteiger charge is 2.37. The summed E-state index contributed by atoms with van der Waals surface area (Å²) in [5.41, 5.74) is 0.0485. The Kier molecular flexibility index (Phi) is 10.1. The van der Waals surface area contributed by atoms with E-state index in [1.54, 1.807) is 20.8 Å². The largest absolute Gasteiger partial charge is 0.459 e. The molecule has 2 atom stereocenters. The van der Waals surface area contributed by atoms with E-state index in [-0.39, 0.29) is 18.3 Å². The van der Waals surface area contributed by atoms with E-state index in [2.05, 4.69) is 5.32 Å². The molecule has 1 fully saturated rings. The maximum Gasteiger partial charge on any atom is 0.410 e. The van der Waals surface area contributed by atoms with Gasteiger partial charge in [0.2, 0.25) is 5.91 Å². The van der Waals surface area contributed by atoms with E-state index in [4.69, 9.17) is 9.47 Å².